The van der Waals surface area contributed by atoms with Crippen molar-refractivity contribution in [3.05, 3.63) is 0 Å². The number of nitrogens with zero attached hydrogens (tertiary/aromatic N) is 3. The smallest absolute Gasteiger partial charge is 0.191 e. The van der Waals surface area contributed by atoms with Crippen LogP contribution in [0.25, 0.3) is 0 Å². The second-order valence-corrected chi connectivity index (χ2v) is 8.37. The first kappa shape index (κ1) is 20.5. The lowest BCUT2D eigenvalue weighted by molar-refractivity contribution is 0.161. The molecule has 0 spiro atoms. The molecular formula is C20H41N5. The minimum atomic E-state index is 0.595. The van der Waals surface area contributed by atoms with Crippen LogP contribution in [0.5, 0.6) is 0 Å². The summed E-state index contributed by atoms with van der Waals surface area (Å²) in [5.41, 5.74) is 0. The van der Waals surface area contributed by atoms with Gasteiger partial charge in [0.15, 0.2) is 5.96 Å². The second kappa shape index (κ2) is 11.0. The molecule has 2 unspecified atom stereocenters. The Morgan fingerprint density at radius 2 is 1.76 bits per heavy atom. The van der Waals surface area contributed by atoms with E-state index in [1.807, 2.05) is 7.05 Å². The van der Waals surface area contributed by atoms with Gasteiger partial charge in [0.1, 0.15) is 0 Å². The molecule has 0 radical (unpaired) electrons. The van der Waals surface area contributed by atoms with Crippen LogP contribution in [0.1, 0.15) is 52.4 Å². The SMILES string of the molecule is CN=C(NCC1CCCN(C)C1)NCC(C(C)C)N1CCCCCC1. The number of likely N-dealkylation sites (tertiary alicyclic amines) is 2. The van der Waals surface area contributed by atoms with E-state index in [0.29, 0.717) is 12.0 Å². The first-order valence-corrected chi connectivity index (χ1v) is 10.5. The molecule has 146 valence electrons. The summed E-state index contributed by atoms with van der Waals surface area (Å²) in [5.74, 6) is 2.37. The third-order valence-electron chi connectivity index (χ3n) is 5.86. The summed E-state index contributed by atoms with van der Waals surface area (Å²) >= 11 is 0. The third kappa shape index (κ3) is 7.14. The van der Waals surface area contributed by atoms with Crippen LogP contribution >= 0.6 is 0 Å². The van der Waals surface area contributed by atoms with Gasteiger partial charge in [-0.1, -0.05) is 26.7 Å². The minimum absolute atomic E-state index is 0.595. The average molecular weight is 352 g/mol. The molecule has 5 nitrogen and oxygen atoms in total. The molecule has 0 aromatic carbocycles. The largest absolute Gasteiger partial charge is 0.356 e. The van der Waals surface area contributed by atoms with Gasteiger partial charge in [-0.15, -0.1) is 0 Å². The highest BCUT2D eigenvalue weighted by molar-refractivity contribution is 5.79. The summed E-state index contributed by atoms with van der Waals surface area (Å²) in [6, 6.07) is 0.595. The Balaban J connectivity index is 1.78. The quantitative estimate of drug-likeness (QED) is 0.570. The Kier molecular flexibility index (Phi) is 9.04. The molecule has 2 saturated heterocycles. The summed E-state index contributed by atoms with van der Waals surface area (Å²) in [7, 11) is 4.12. The van der Waals surface area contributed by atoms with E-state index in [1.54, 1.807) is 0 Å². The zero-order valence-electron chi connectivity index (χ0n) is 17.1. The van der Waals surface area contributed by atoms with E-state index in [4.69, 9.17) is 0 Å². The first-order chi connectivity index (χ1) is 12.1. The van der Waals surface area contributed by atoms with Gasteiger partial charge in [0, 0.05) is 32.7 Å². The van der Waals surface area contributed by atoms with Crippen molar-refractivity contribution in [1.82, 2.24) is 20.4 Å². The van der Waals surface area contributed by atoms with Gasteiger partial charge in [-0.25, -0.2) is 0 Å². The van der Waals surface area contributed by atoms with Crippen LogP contribution in [-0.2, 0) is 0 Å². The van der Waals surface area contributed by atoms with E-state index in [0.717, 1.165) is 25.0 Å². The van der Waals surface area contributed by atoms with Crippen molar-refractivity contribution in [2.75, 3.05) is 53.4 Å². The lowest BCUT2D eigenvalue weighted by Gasteiger charge is -2.34. The summed E-state index contributed by atoms with van der Waals surface area (Å²) in [5, 5.41) is 7.17. The maximum atomic E-state index is 4.45. The van der Waals surface area contributed by atoms with Gasteiger partial charge in [0.05, 0.1) is 0 Å². The molecule has 2 aliphatic heterocycles. The molecule has 2 fully saturated rings. The number of rotatable bonds is 6. The van der Waals surface area contributed by atoms with Gasteiger partial charge in [0.2, 0.25) is 0 Å². The predicted molar refractivity (Wildman–Crippen MR) is 108 cm³/mol. The van der Waals surface area contributed by atoms with Gasteiger partial charge < -0.3 is 15.5 Å². The Labute approximate surface area is 155 Å². The molecule has 0 aromatic rings. The van der Waals surface area contributed by atoms with Crippen molar-refractivity contribution < 1.29 is 0 Å². The fourth-order valence-corrected chi connectivity index (χ4v) is 4.32. The minimum Gasteiger partial charge on any atom is -0.356 e. The monoisotopic (exact) mass is 351 g/mol. The molecule has 2 rings (SSSR count). The average Bonchev–Trinajstić information content (AvgIpc) is 2.87. The van der Waals surface area contributed by atoms with Crippen LogP contribution in [0.3, 0.4) is 0 Å². The van der Waals surface area contributed by atoms with E-state index < -0.39 is 0 Å². The van der Waals surface area contributed by atoms with E-state index in [9.17, 15) is 0 Å². The summed E-state index contributed by atoms with van der Waals surface area (Å²) < 4.78 is 0. The van der Waals surface area contributed by atoms with Crippen molar-refractivity contribution >= 4 is 5.96 Å². The van der Waals surface area contributed by atoms with Crippen LogP contribution in [-0.4, -0.2) is 75.2 Å². The maximum Gasteiger partial charge on any atom is 0.191 e. The molecule has 2 atom stereocenters. The number of aliphatic imine (C=N–C) groups is 1. The number of hydrogen-bond donors (Lipinski definition) is 2. The molecule has 2 aliphatic rings. The second-order valence-electron chi connectivity index (χ2n) is 8.37. The first-order valence-electron chi connectivity index (χ1n) is 10.5. The van der Waals surface area contributed by atoms with Crippen LogP contribution in [0, 0.1) is 11.8 Å². The zero-order valence-corrected chi connectivity index (χ0v) is 17.1. The van der Waals surface area contributed by atoms with Gasteiger partial charge in [0.25, 0.3) is 0 Å². The number of nitrogens with one attached hydrogen (secondary N) is 2. The highest BCUT2D eigenvalue weighted by atomic mass is 15.2. The summed E-state index contributed by atoms with van der Waals surface area (Å²) in [4.78, 5) is 9.60. The van der Waals surface area contributed by atoms with Crippen molar-refractivity contribution in [3.8, 4) is 0 Å². The fourth-order valence-electron chi connectivity index (χ4n) is 4.32. The lowest BCUT2D eigenvalue weighted by atomic mass is 9.98. The summed E-state index contributed by atoms with van der Waals surface area (Å²) in [6.07, 6.45) is 8.15. The number of guanidine groups is 1. The van der Waals surface area contributed by atoms with Crippen molar-refractivity contribution in [2.45, 2.75) is 58.4 Å². The van der Waals surface area contributed by atoms with E-state index in [2.05, 4.69) is 46.3 Å². The number of hydrogen-bond acceptors (Lipinski definition) is 3. The Bertz CT molecular complexity index is 388. The van der Waals surface area contributed by atoms with Crippen LogP contribution < -0.4 is 10.6 Å². The normalized spacial score (nSPS) is 25.6. The lowest BCUT2D eigenvalue weighted by Crippen LogP contribution is -2.50. The predicted octanol–water partition coefficient (Wildman–Crippen LogP) is 2.39. The van der Waals surface area contributed by atoms with Crippen LogP contribution in [0.4, 0.5) is 0 Å². The number of piperidine rings is 1. The highest BCUT2D eigenvalue weighted by Gasteiger charge is 2.23. The standard InChI is InChI=1S/C20H41N5/c1-17(2)19(25-12-7-5-6-8-13-25)15-23-20(21-3)22-14-18-10-9-11-24(4)16-18/h17-19H,5-16H2,1-4H3,(H2,21,22,23). The van der Waals surface area contributed by atoms with Crippen LogP contribution in [0.15, 0.2) is 4.99 Å². The Hall–Kier alpha value is -0.810. The molecule has 2 heterocycles. The van der Waals surface area contributed by atoms with Crippen LogP contribution in [0.2, 0.25) is 0 Å². The van der Waals surface area contributed by atoms with Gasteiger partial charge in [-0.3, -0.25) is 9.89 Å². The Morgan fingerprint density at radius 3 is 2.36 bits per heavy atom. The molecular weight excluding hydrogens is 310 g/mol. The third-order valence-corrected chi connectivity index (χ3v) is 5.86. The van der Waals surface area contributed by atoms with Crippen molar-refractivity contribution in [3.63, 3.8) is 0 Å². The molecule has 0 saturated carbocycles. The molecule has 0 amide bonds. The van der Waals surface area contributed by atoms with E-state index >= 15 is 0 Å². The molecule has 0 aliphatic carbocycles. The molecule has 0 bridgehead atoms. The van der Waals surface area contributed by atoms with Gasteiger partial charge >= 0.3 is 0 Å². The van der Waals surface area contributed by atoms with Crippen molar-refractivity contribution in [2.24, 2.45) is 16.8 Å². The Morgan fingerprint density at radius 1 is 1.04 bits per heavy atom. The topological polar surface area (TPSA) is 42.9 Å². The van der Waals surface area contributed by atoms with E-state index in [-0.39, 0.29) is 0 Å². The molecule has 2 N–H and O–H groups in total. The van der Waals surface area contributed by atoms with Gasteiger partial charge in [-0.2, -0.15) is 0 Å². The molecule has 0 aromatic heterocycles. The highest BCUT2D eigenvalue weighted by Crippen LogP contribution is 2.17. The maximum absolute atomic E-state index is 4.45. The zero-order chi connectivity index (χ0) is 18.1. The van der Waals surface area contributed by atoms with E-state index in [1.165, 1.54) is 64.7 Å². The fraction of sp³-hybridized carbons (Fsp3) is 0.950. The molecule has 25 heavy (non-hydrogen) atoms. The summed E-state index contributed by atoms with van der Waals surface area (Å²) in [6.45, 7) is 11.7. The van der Waals surface area contributed by atoms with Gasteiger partial charge in [-0.05, 0) is 64.2 Å². The molecule has 5 heteroatoms. The van der Waals surface area contributed by atoms with Crippen molar-refractivity contribution in [1.29, 1.82) is 0 Å².